The highest BCUT2D eigenvalue weighted by atomic mass is 16.7. The fourth-order valence-corrected chi connectivity index (χ4v) is 4.03. The molecule has 1 fully saturated rings. The maximum atomic E-state index is 12.0. The quantitative estimate of drug-likeness (QED) is 0.515. The molecule has 1 saturated heterocycles. The third-order valence-corrected chi connectivity index (χ3v) is 5.52. The van der Waals surface area contributed by atoms with E-state index in [-0.39, 0.29) is 0 Å². The minimum Gasteiger partial charge on any atom is -0.474 e. The number of aliphatic hydroxyl groups is 4. The number of hydrogen-bond donors (Lipinski definition) is 4. The van der Waals surface area contributed by atoms with Crippen molar-refractivity contribution in [1.29, 1.82) is 0 Å². The molecule has 0 aromatic heterocycles. The summed E-state index contributed by atoms with van der Waals surface area (Å²) in [7, 11) is 0. The molecule has 0 amide bonds. The van der Waals surface area contributed by atoms with Crippen LogP contribution in [0.4, 0.5) is 0 Å². The zero-order valence-corrected chi connectivity index (χ0v) is 16.2. The van der Waals surface area contributed by atoms with Crippen LogP contribution < -0.4 is 4.74 Å². The van der Waals surface area contributed by atoms with Crippen molar-refractivity contribution < 1.29 is 29.9 Å². The van der Waals surface area contributed by atoms with E-state index < -0.39 is 36.3 Å². The summed E-state index contributed by atoms with van der Waals surface area (Å²) in [6.45, 7) is -0.594. The van der Waals surface area contributed by atoms with Crippen LogP contribution in [0.5, 0.6) is 5.75 Å². The Morgan fingerprint density at radius 1 is 0.767 bits per heavy atom. The van der Waals surface area contributed by atoms with Crippen LogP contribution in [0.1, 0.15) is 11.1 Å². The highest BCUT2D eigenvalue weighted by Gasteiger charge is 2.67. The standard InChI is InChI=1S/C24H24O6/c25-16-20-21(26)22(27)23(17-10-4-1-5-11-17,29-19-14-8-3-9-15-19)24(28,30-20)18-12-6-2-7-13-18/h1-15,20-22,25-28H,16H2/t20-,21-,22+,23-,24+/m1/s1. The van der Waals surface area contributed by atoms with E-state index in [2.05, 4.69) is 0 Å². The Balaban J connectivity index is 2.00. The molecule has 1 aliphatic heterocycles. The number of ether oxygens (including phenoxy) is 2. The average molecular weight is 408 g/mol. The van der Waals surface area contributed by atoms with Crippen molar-refractivity contribution in [3.63, 3.8) is 0 Å². The van der Waals surface area contributed by atoms with Gasteiger partial charge in [-0.15, -0.1) is 0 Å². The first-order chi connectivity index (χ1) is 14.5. The second kappa shape index (κ2) is 8.18. The van der Waals surface area contributed by atoms with Crippen LogP contribution in [0.25, 0.3) is 0 Å². The molecular formula is C24H24O6. The maximum Gasteiger partial charge on any atom is 0.241 e. The lowest BCUT2D eigenvalue weighted by Crippen LogP contribution is -2.71. The van der Waals surface area contributed by atoms with Crippen LogP contribution in [0.3, 0.4) is 0 Å². The molecule has 1 aliphatic rings. The molecule has 0 radical (unpaired) electrons. The largest absolute Gasteiger partial charge is 0.474 e. The Morgan fingerprint density at radius 3 is 1.80 bits per heavy atom. The summed E-state index contributed by atoms with van der Waals surface area (Å²) >= 11 is 0. The van der Waals surface area contributed by atoms with Gasteiger partial charge in [-0.1, -0.05) is 78.9 Å². The number of aliphatic hydroxyl groups excluding tert-OH is 3. The van der Waals surface area contributed by atoms with Crippen LogP contribution in [0, 0.1) is 0 Å². The fourth-order valence-electron chi connectivity index (χ4n) is 4.03. The third kappa shape index (κ3) is 3.19. The van der Waals surface area contributed by atoms with Crippen molar-refractivity contribution in [2.24, 2.45) is 0 Å². The SMILES string of the molecule is OC[C@H]1O[C@@](O)(c2ccccc2)[C@@](Oc2ccccc2)(c2ccccc2)[C@@H](O)[C@@H]1O. The predicted octanol–water partition coefficient (Wildman–Crippen LogP) is 1.92. The molecule has 0 spiro atoms. The average Bonchev–Trinajstić information content (AvgIpc) is 2.81. The van der Waals surface area contributed by atoms with Crippen molar-refractivity contribution in [1.82, 2.24) is 0 Å². The number of para-hydroxylation sites is 1. The Morgan fingerprint density at radius 2 is 1.27 bits per heavy atom. The lowest BCUT2D eigenvalue weighted by molar-refractivity contribution is -0.396. The zero-order valence-electron chi connectivity index (χ0n) is 16.2. The predicted molar refractivity (Wildman–Crippen MR) is 110 cm³/mol. The summed E-state index contributed by atoms with van der Waals surface area (Å²) in [6, 6.07) is 25.9. The summed E-state index contributed by atoms with van der Waals surface area (Å²) in [5, 5.41) is 43.9. The zero-order chi connectivity index (χ0) is 21.2. The highest BCUT2D eigenvalue weighted by molar-refractivity contribution is 5.38. The minimum atomic E-state index is -2.22. The lowest BCUT2D eigenvalue weighted by atomic mass is 9.72. The van der Waals surface area contributed by atoms with Gasteiger partial charge >= 0.3 is 0 Å². The molecule has 3 aromatic rings. The van der Waals surface area contributed by atoms with Gasteiger partial charge in [-0.05, 0) is 12.1 Å². The van der Waals surface area contributed by atoms with Crippen molar-refractivity contribution >= 4 is 0 Å². The van der Waals surface area contributed by atoms with E-state index in [0.717, 1.165) is 0 Å². The maximum absolute atomic E-state index is 12.0. The summed E-state index contributed by atoms with van der Waals surface area (Å²) in [6.07, 6.45) is -4.36. The van der Waals surface area contributed by atoms with Crippen LogP contribution in [0.2, 0.25) is 0 Å². The van der Waals surface area contributed by atoms with Crippen molar-refractivity contribution in [2.45, 2.75) is 29.7 Å². The third-order valence-electron chi connectivity index (χ3n) is 5.52. The molecule has 6 nitrogen and oxygen atoms in total. The van der Waals surface area contributed by atoms with Crippen LogP contribution in [0.15, 0.2) is 91.0 Å². The number of benzene rings is 3. The lowest BCUT2D eigenvalue weighted by Gasteiger charge is -2.55. The molecule has 156 valence electrons. The first-order valence-corrected chi connectivity index (χ1v) is 9.75. The van der Waals surface area contributed by atoms with E-state index in [1.165, 1.54) is 0 Å². The summed E-state index contributed by atoms with van der Waals surface area (Å²) in [5.41, 5.74) is -1.21. The minimum absolute atomic E-state index is 0.314. The van der Waals surface area contributed by atoms with E-state index in [1.54, 1.807) is 84.9 Å². The van der Waals surface area contributed by atoms with Gasteiger partial charge < -0.3 is 29.9 Å². The van der Waals surface area contributed by atoms with Crippen LogP contribution in [-0.4, -0.2) is 45.3 Å². The highest BCUT2D eigenvalue weighted by Crippen LogP contribution is 2.52. The molecule has 5 atom stereocenters. The van der Waals surface area contributed by atoms with Crippen molar-refractivity contribution in [3.8, 4) is 5.75 Å². The van der Waals surface area contributed by atoms with Gasteiger partial charge in [-0.3, -0.25) is 0 Å². The van der Waals surface area contributed by atoms with Gasteiger partial charge in [0.25, 0.3) is 0 Å². The Hall–Kier alpha value is -2.74. The Kier molecular flexibility index (Phi) is 5.60. The number of rotatable bonds is 5. The van der Waals surface area contributed by atoms with E-state index >= 15 is 0 Å². The van der Waals surface area contributed by atoms with E-state index in [9.17, 15) is 20.4 Å². The first-order valence-electron chi connectivity index (χ1n) is 9.75. The van der Waals surface area contributed by atoms with Gasteiger partial charge in [0.15, 0.2) is 0 Å². The molecule has 30 heavy (non-hydrogen) atoms. The van der Waals surface area contributed by atoms with E-state index in [4.69, 9.17) is 9.47 Å². The molecule has 3 aromatic carbocycles. The molecule has 1 heterocycles. The molecule has 0 aliphatic carbocycles. The van der Waals surface area contributed by atoms with Crippen LogP contribution in [-0.2, 0) is 16.1 Å². The van der Waals surface area contributed by atoms with Gasteiger partial charge in [0.05, 0.1) is 6.61 Å². The molecule has 0 unspecified atom stereocenters. The van der Waals surface area contributed by atoms with Crippen LogP contribution >= 0.6 is 0 Å². The Labute approximate surface area is 174 Å². The van der Waals surface area contributed by atoms with Gasteiger partial charge in [0, 0.05) is 11.1 Å². The smallest absolute Gasteiger partial charge is 0.241 e. The second-order valence-electron chi connectivity index (χ2n) is 7.30. The fraction of sp³-hybridized carbons (Fsp3) is 0.250. The summed E-state index contributed by atoms with van der Waals surface area (Å²) < 4.78 is 12.2. The van der Waals surface area contributed by atoms with Crippen molar-refractivity contribution in [2.75, 3.05) is 6.61 Å². The normalized spacial score (nSPS) is 31.3. The van der Waals surface area contributed by atoms with Crippen molar-refractivity contribution in [3.05, 3.63) is 102 Å². The monoisotopic (exact) mass is 408 g/mol. The second-order valence-corrected chi connectivity index (χ2v) is 7.30. The number of hydrogen-bond acceptors (Lipinski definition) is 6. The van der Waals surface area contributed by atoms with Gasteiger partial charge in [-0.2, -0.15) is 0 Å². The summed E-state index contributed by atoms with van der Waals surface area (Å²) in [4.78, 5) is 0. The van der Waals surface area contributed by atoms with E-state index in [0.29, 0.717) is 16.9 Å². The van der Waals surface area contributed by atoms with Gasteiger partial charge in [0.1, 0.15) is 24.1 Å². The first kappa shape index (κ1) is 20.5. The Bertz CT molecular complexity index is 951. The molecule has 4 N–H and O–H groups in total. The van der Waals surface area contributed by atoms with E-state index in [1.807, 2.05) is 6.07 Å². The molecule has 0 bridgehead atoms. The molecule has 0 saturated carbocycles. The van der Waals surface area contributed by atoms with Gasteiger partial charge in [-0.25, -0.2) is 0 Å². The molecular weight excluding hydrogens is 384 g/mol. The summed E-state index contributed by atoms with van der Waals surface area (Å²) in [5.74, 6) is -1.86. The van der Waals surface area contributed by atoms with Gasteiger partial charge in [0.2, 0.25) is 11.4 Å². The molecule has 6 heteroatoms. The topological polar surface area (TPSA) is 99.4 Å². The molecule has 4 rings (SSSR count).